The summed E-state index contributed by atoms with van der Waals surface area (Å²) in [6, 6.07) is 9.50. The lowest BCUT2D eigenvalue weighted by Crippen LogP contribution is -2.16. The Morgan fingerprint density at radius 2 is 2.04 bits per heavy atom. The van der Waals surface area contributed by atoms with Crippen LogP contribution in [0.4, 0.5) is 5.95 Å². The number of anilines is 1. The highest BCUT2D eigenvalue weighted by atomic mass is 79.9. The van der Waals surface area contributed by atoms with Crippen LogP contribution in [0.25, 0.3) is 22.5 Å². The highest BCUT2D eigenvalue weighted by Crippen LogP contribution is 2.31. The molecule has 0 amide bonds. The number of benzene rings is 1. The molecule has 0 atom stereocenters. The van der Waals surface area contributed by atoms with Crippen molar-refractivity contribution in [3.05, 3.63) is 50.9 Å². The zero-order valence-electron chi connectivity index (χ0n) is 12.7. The normalized spacial score (nSPS) is 10.5. The number of nitrogens with zero attached hydrogens (tertiary/aromatic N) is 4. The van der Waals surface area contributed by atoms with Crippen LogP contribution in [0.2, 0.25) is 0 Å². The van der Waals surface area contributed by atoms with Gasteiger partial charge in [0.15, 0.2) is 0 Å². The summed E-state index contributed by atoms with van der Waals surface area (Å²) in [5.74, 6) is -0.0417. The molecule has 7 nitrogen and oxygen atoms in total. The predicted octanol–water partition coefficient (Wildman–Crippen LogP) is 2.54. The topological polar surface area (TPSA) is 113 Å². The fraction of sp³-hybridized carbons (Fsp3) is 0.125. The third-order valence-electron chi connectivity index (χ3n) is 3.51. The highest BCUT2D eigenvalue weighted by Gasteiger charge is 2.20. The number of nitriles is 1. The van der Waals surface area contributed by atoms with Crippen LogP contribution < -0.4 is 11.3 Å². The number of rotatable bonds is 3. The Hall–Kier alpha value is -2.92. The van der Waals surface area contributed by atoms with E-state index >= 15 is 0 Å². The van der Waals surface area contributed by atoms with Crippen LogP contribution in [0.15, 0.2) is 39.7 Å². The van der Waals surface area contributed by atoms with Crippen LogP contribution in [-0.2, 0) is 6.54 Å². The van der Waals surface area contributed by atoms with Crippen molar-refractivity contribution < 1.29 is 0 Å². The Bertz CT molecular complexity index is 997. The van der Waals surface area contributed by atoms with E-state index in [9.17, 15) is 10.1 Å². The Morgan fingerprint density at radius 1 is 1.33 bits per heavy atom. The lowest BCUT2D eigenvalue weighted by atomic mass is 10.0. The van der Waals surface area contributed by atoms with Gasteiger partial charge in [-0.3, -0.25) is 14.5 Å². The monoisotopic (exact) mass is 384 g/mol. The van der Waals surface area contributed by atoms with Crippen molar-refractivity contribution in [2.45, 2.75) is 13.5 Å². The molecular weight excluding hydrogens is 372 g/mol. The fourth-order valence-corrected chi connectivity index (χ4v) is 2.63. The van der Waals surface area contributed by atoms with Crippen molar-refractivity contribution in [1.82, 2.24) is 19.7 Å². The summed E-state index contributed by atoms with van der Waals surface area (Å²) in [6.07, 6.45) is 1.76. The fourth-order valence-electron chi connectivity index (χ4n) is 2.37. The van der Waals surface area contributed by atoms with Crippen molar-refractivity contribution in [2.75, 3.05) is 5.73 Å². The molecule has 0 unspecified atom stereocenters. The summed E-state index contributed by atoms with van der Waals surface area (Å²) < 4.78 is 2.67. The number of hydrogen-bond donors (Lipinski definition) is 2. The molecule has 0 radical (unpaired) electrons. The van der Waals surface area contributed by atoms with Crippen molar-refractivity contribution in [3.63, 3.8) is 0 Å². The molecule has 1 aromatic carbocycles. The Morgan fingerprint density at radius 3 is 2.67 bits per heavy atom. The molecule has 0 fully saturated rings. The molecule has 0 spiro atoms. The molecular formula is C16H13BrN6O. The van der Waals surface area contributed by atoms with E-state index in [1.807, 2.05) is 37.3 Å². The lowest BCUT2D eigenvalue weighted by Gasteiger charge is -2.05. The van der Waals surface area contributed by atoms with Gasteiger partial charge in [-0.05, 0) is 19.1 Å². The van der Waals surface area contributed by atoms with Gasteiger partial charge in [0.2, 0.25) is 5.95 Å². The Balaban J connectivity index is 2.30. The quantitative estimate of drug-likeness (QED) is 0.719. The number of hydrogen-bond acceptors (Lipinski definition) is 5. The van der Waals surface area contributed by atoms with Crippen molar-refractivity contribution in [1.29, 1.82) is 5.26 Å². The summed E-state index contributed by atoms with van der Waals surface area (Å²) in [5, 5.41) is 13.9. The first-order chi connectivity index (χ1) is 11.5. The molecule has 3 N–H and O–H groups in total. The van der Waals surface area contributed by atoms with E-state index in [4.69, 9.17) is 5.73 Å². The van der Waals surface area contributed by atoms with E-state index in [2.05, 4.69) is 31.0 Å². The molecule has 2 heterocycles. The molecule has 120 valence electrons. The second-order valence-electron chi connectivity index (χ2n) is 5.04. The van der Waals surface area contributed by atoms with Gasteiger partial charge in [-0.25, -0.2) is 4.98 Å². The average molecular weight is 385 g/mol. The molecule has 3 rings (SSSR count). The van der Waals surface area contributed by atoms with Gasteiger partial charge in [0.1, 0.15) is 23.0 Å². The van der Waals surface area contributed by atoms with E-state index in [1.165, 1.54) is 0 Å². The molecule has 8 heteroatoms. The maximum atomic E-state index is 12.0. The van der Waals surface area contributed by atoms with Crippen molar-refractivity contribution in [2.24, 2.45) is 0 Å². The predicted molar refractivity (Wildman–Crippen MR) is 94.0 cm³/mol. The van der Waals surface area contributed by atoms with Crippen LogP contribution in [0, 0.1) is 11.3 Å². The van der Waals surface area contributed by atoms with Gasteiger partial charge in [-0.15, -0.1) is 0 Å². The van der Waals surface area contributed by atoms with Gasteiger partial charge in [-0.1, -0.05) is 28.1 Å². The van der Waals surface area contributed by atoms with Crippen molar-refractivity contribution in [3.8, 4) is 28.6 Å². The average Bonchev–Trinajstić information content (AvgIpc) is 2.99. The van der Waals surface area contributed by atoms with Crippen LogP contribution in [0.3, 0.4) is 0 Å². The first-order valence-electron chi connectivity index (χ1n) is 7.17. The number of H-pyrrole nitrogens is 1. The second kappa shape index (κ2) is 6.29. The maximum absolute atomic E-state index is 12.0. The number of nitrogen functional groups attached to an aromatic ring is 1. The van der Waals surface area contributed by atoms with Gasteiger partial charge >= 0.3 is 0 Å². The standard InChI is InChI=1S/C16H13BrN6O/c1-2-23-8-12(13(22-23)9-3-5-10(17)6-4-9)14-11(7-18)15(24)21-16(19)20-14/h3-6,8H,2H2,1H3,(H3,19,20,21,24). The number of halogens is 1. The van der Waals surface area contributed by atoms with E-state index in [0.29, 0.717) is 17.8 Å². The Labute approximate surface area is 145 Å². The molecule has 0 aliphatic heterocycles. The molecule has 24 heavy (non-hydrogen) atoms. The smallest absolute Gasteiger partial charge is 0.270 e. The zero-order chi connectivity index (χ0) is 17.3. The Kier molecular flexibility index (Phi) is 4.18. The summed E-state index contributed by atoms with van der Waals surface area (Å²) in [7, 11) is 0. The molecule has 0 saturated heterocycles. The van der Waals surface area contributed by atoms with Gasteiger partial charge in [-0.2, -0.15) is 10.4 Å². The molecule has 0 aliphatic rings. The lowest BCUT2D eigenvalue weighted by molar-refractivity contribution is 0.662. The van der Waals surface area contributed by atoms with Crippen molar-refractivity contribution >= 4 is 21.9 Å². The SMILES string of the molecule is CCn1cc(-c2nc(N)[nH]c(=O)c2C#N)c(-c2ccc(Br)cc2)n1. The van der Waals surface area contributed by atoms with Crippen LogP contribution in [0.1, 0.15) is 12.5 Å². The minimum absolute atomic E-state index is 0.0417. The van der Waals surface area contributed by atoms with E-state index in [0.717, 1.165) is 10.0 Å². The summed E-state index contributed by atoms with van der Waals surface area (Å²) in [5.41, 5.74) is 7.32. The highest BCUT2D eigenvalue weighted by molar-refractivity contribution is 9.10. The molecule has 0 saturated carbocycles. The number of aromatic nitrogens is 4. The first-order valence-corrected chi connectivity index (χ1v) is 7.96. The van der Waals surface area contributed by atoms with Crippen LogP contribution in [0.5, 0.6) is 0 Å². The molecule has 2 aromatic heterocycles. The maximum Gasteiger partial charge on any atom is 0.270 e. The third kappa shape index (κ3) is 2.81. The van der Waals surface area contributed by atoms with Crippen LogP contribution >= 0.6 is 15.9 Å². The second-order valence-corrected chi connectivity index (χ2v) is 5.96. The number of nitrogens with one attached hydrogen (secondary N) is 1. The summed E-state index contributed by atoms with van der Waals surface area (Å²) in [6.45, 7) is 2.59. The van der Waals surface area contributed by atoms with Gasteiger partial charge in [0, 0.05) is 28.3 Å². The largest absolute Gasteiger partial charge is 0.369 e. The summed E-state index contributed by atoms with van der Waals surface area (Å²) >= 11 is 3.40. The number of aryl methyl sites for hydroxylation is 1. The molecule has 0 aliphatic carbocycles. The minimum Gasteiger partial charge on any atom is -0.369 e. The van der Waals surface area contributed by atoms with E-state index in [-0.39, 0.29) is 17.2 Å². The molecule has 3 aromatic rings. The molecule has 0 bridgehead atoms. The number of aromatic amines is 1. The summed E-state index contributed by atoms with van der Waals surface area (Å²) in [4.78, 5) is 18.5. The minimum atomic E-state index is -0.564. The van der Waals surface area contributed by atoms with E-state index in [1.54, 1.807) is 10.9 Å². The first kappa shape index (κ1) is 16.0. The van der Waals surface area contributed by atoms with Gasteiger partial charge < -0.3 is 5.73 Å². The van der Waals surface area contributed by atoms with Gasteiger partial charge in [0.05, 0.1) is 0 Å². The number of nitrogens with two attached hydrogens (primary N) is 1. The van der Waals surface area contributed by atoms with Gasteiger partial charge in [0.25, 0.3) is 5.56 Å². The third-order valence-corrected chi connectivity index (χ3v) is 4.04. The van der Waals surface area contributed by atoms with Crippen LogP contribution in [-0.4, -0.2) is 19.7 Å². The zero-order valence-corrected chi connectivity index (χ0v) is 14.3. The van der Waals surface area contributed by atoms with E-state index < -0.39 is 5.56 Å².